The molecule has 0 bridgehead atoms. The van der Waals surface area contributed by atoms with Crippen molar-refractivity contribution in [3.05, 3.63) is 0 Å². The molecule has 0 aliphatic carbocycles. The van der Waals surface area contributed by atoms with Crippen molar-refractivity contribution in [1.82, 2.24) is 0 Å². The van der Waals surface area contributed by atoms with Gasteiger partial charge in [-0.05, 0) is 12.0 Å². The zero-order chi connectivity index (χ0) is 6.41. The van der Waals surface area contributed by atoms with Gasteiger partial charge < -0.3 is 14.1 Å². The Hall–Kier alpha value is -0.220. The van der Waals surface area contributed by atoms with E-state index in [0.29, 0.717) is 0 Å². The monoisotopic (exact) mass is 135 g/mol. The SMILES string of the molecule is CSOCCC(=O)[O-]. The van der Waals surface area contributed by atoms with E-state index in [1.807, 2.05) is 0 Å². The van der Waals surface area contributed by atoms with Gasteiger partial charge in [0.05, 0.1) is 6.61 Å². The summed E-state index contributed by atoms with van der Waals surface area (Å²) in [6.45, 7) is 0.226. The van der Waals surface area contributed by atoms with Crippen LogP contribution in [0.4, 0.5) is 0 Å². The van der Waals surface area contributed by atoms with Gasteiger partial charge in [0.1, 0.15) is 0 Å². The van der Waals surface area contributed by atoms with Crippen molar-refractivity contribution in [3.63, 3.8) is 0 Å². The minimum atomic E-state index is -1.07. The van der Waals surface area contributed by atoms with Crippen LogP contribution >= 0.6 is 12.0 Å². The van der Waals surface area contributed by atoms with E-state index in [1.165, 1.54) is 0 Å². The van der Waals surface area contributed by atoms with Crippen molar-refractivity contribution in [3.8, 4) is 0 Å². The van der Waals surface area contributed by atoms with Gasteiger partial charge in [-0.15, -0.1) is 0 Å². The molecule has 0 aromatic carbocycles. The average molecular weight is 135 g/mol. The van der Waals surface area contributed by atoms with Crippen LogP contribution in [0.25, 0.3) is 0 Å². The van der Waals surface area contributed by atoms with Crippen LogP contribution in [0.1, 0.15) is 6.42 Å². The molecule has 0 unspecified atom stereocenters. The molecule has 4 heteroatoms. The van der Waals surface area contributed by atoms with Gasteiger partial charge in [-0.2, -0.15) is 0 Å². The quantitative estimate of drug-likeness (QED) is 0.382. The first kappa shape index (κ1) is 7.78. The highest BCUT2D eigenvalue weighted by Crippen LogP contribution is 1.93. The van der Waals surface area contributed by atoms with Crippen LogP contribution in [0.2, 0.25) is 0 Å². The van der Waals surface area contributed by atoms with Gasteiger partial charge in [-0.3, -0.25) is 0 Å². The second-order valence-electron chi connectivity index (χ2n) is 1.11. The molecule has 0 aromatic rings. The normalized spacial score (nSPS) is 9.12. The Morgan fingerprint density at radius 1 is 1.88 bits per heavy atom. The van der Waals surface area contributed by atoms with Crippen LogP contribution in [0.3, 0.4) is 0 Å². The Bertz CT molecular complexity index is 73.7. The largest absolute Gasteiger partial charge is 0.550 e. The Morgan fingerprint density at radius 3 is 2.88 bits per heavy atom. The highest BCUT2D eigenvalue weighted by atomic mass is 32.2. The minimum Gasteiger partial charge on any atom is -0.550 e. The van der Waals surface area contributed by atoms with Crippen molar-refractivity contribution >= 4 is 18.0 Å². The van der Waals surface area contributed by atoms with E-state index < -0.39 is 5.97 Å². The van der Waals surface area contributed by atoms with E-state index in [4.69, 9.17) is 0 Å². The molecular weight excluding hydrogens is 128 g/mol. The lowest BCUT2D eigenvalue weighted by molar-refractivity contribution is -0.306. The van der Waals surface area contributed by atoms with Crippen LogP contribution in [-0.4, -0.2) is 18.8 Å². The van der Waals surface area contributed by atoms with Crippen LogP contribution < -0.4 is 5.11 Å². The maximum Gasteiger partial charge on any atom is 0.0665 e. The third-order valence-corrected chi connectivity index (χ3v) is 0.910. The Balaban J connectivity index is 2.82. The second kappa shape index (κ2) is 4.93. The Kier molecular flexibility index (Phi) is 4.79. The van der Waals surface area contributed by atoms with Gasteiger partial charge in [0.25, 0.3) is 0 Å². The minimum absolute atomic E-state index is 0.0269. The number of hydrogen-bond donors (Lipinski definition) is 0. The predicted molar refractivity (Wildman–Crippen MR) is 29.1 cm³/mol. The fraction of sp³-hybridized carbons (Fsp3) is 0.750. The van der Waals surface area contributed by atoms with E-state index in [-0.39, 0.29) is 13.0 Å². The van der Waals surface area contributed by atoms with E-state index in [2.05, 4.69) is 4.18 Å². The molecule has 0 saturated carbocycles. The summed E-state index contributed by atoms with van der Waals surface area (Å²) in [5.74, 6) is -1.07. The summed E-state index contributed by atoms with van der Waals surface area (Å²) in [4.78, 5) is 9.67. The summed E-state index contributed by atoms with van der Waals surface area (Å²) >= 11 is 1.15. The van der Waals surface area contributed by atoms with Crippen molar-refractivity contribution in [2.24, 2.45) is 0 Å². The fourth-order valence-corrected chi connectivity index (χ4v) is 0.458. The topological polar surface area (TPSA) is 49.4 Å². The molecule has 0 amide bonds. The van der Waals surface area contributed by atoms with Gasteiger partial charge in [0.15, 0.2) is 0 Å². The molecule has 0 radical (unpaired) electrons. The van der Waals surface area contributed by atoms with E-state index >= 15 is 0 Å². The molecule has 8 heavy (non-hydrogen) atoms. The highest BCUT2D eigenvalue weighted by Gasteiger charge is 1.84. The summed E-state index contributed by atoms with van der Waals surface area (Å²) < 4.78 is 4.64. The predicted octanol–water partition coefficient (Wildman–Crippen LogP) is -0.579. The number of rotatable bonds is 4. The van der Waals surface area contributed by atoms with Crippen molar-refractivity contribution in [2.45, 2.75) is 6.42 Å². The number of carbonyl (C=O) groups excluding carboxylic acids is 1. The van der Waals surface area contributed by atoms with Crippen LogP contribution in [-0.2, 0) is 8.98 Å². The lowest BCUT2D eigenvalue weighted by Gasteiger charge is -1.98. The van der Waals surface area contributed by atoms with E-state index in [9.17, 15) is 9.90 Å². The molecule has 0 spiro atoms. The molecule has 0 aliphatic heterocycles. The molecule has 0 heterocycles. The number of carboxylic acid groups (broad SMARTS) is 1. The molecule has 0 N–H and O–H groups in total. The molecule has 0 aliphatic rings. The third kappa shape index (κ3) is 5.78. The molecule has 0 rings (SSSR count). The summed E-state index contributed by atoms with van der Waals surface area (Å²) in [5.41, 5.74) is 0. The lowest BCUT2D eigenvalue weighted by Crippen LogP contribution is -2.23. The highest BCUT2D eigenvalue weighted by molar-refractivity contribution is 7.93. The summed E-state index contributed by atoms with van der Waals surface area (Å²) in [6.07, 6.45) is 1.70. The van der Waals surface area contributed by atoms with Gasteiger partial charge in [-0.1, -0.05) is 0 Å². The van der Waals surface area contributed by atoms with Crippen molar-refractivity contribution < 1.29 is 14.1 Å². The summed E-state index contributed by atoms with van der Waals surface area (Å²) in [7, 11) is 0. The fourth-order valence-electron chi connectivity index (χ4n) is 0.208. The van der Waals surface area contributed by atoms with E-state index in [1.54, 1.807) is 6.26 Å². The average Bonchev–Trinajstić information content (AvgIpc) is 1.66. The molecule has 0 saturated heterocycles. The third-order valence-electron chi connectivity index (χ3n) is 0.507. The number of carbonyl (C=O) groups is 1. The van der Waals surface area contributed by atoms with Gasteiger partial charge in [-0.25, -0.2) is 0 Å². The molecule has 0 atom stereocenters. The number of carboxylic acids is 1. The van der Waals surface area contributed by atoms with Crippen LogP contribution in [0, 0.1) is 0 Å². The molecular formula is C4H7O3S-. The number of hydrogen-bond acceptors (Lipinski definition) is 4. The second-order valence-corrected chi connectivity index (χ2v) is 1.68. The van der Waals surface area contributed by atoms with E-state index in [0.717, 1.165) is 12.0 Å². The molecule has 48 valence electrons. The summed E-state index contributed by atoms with van der Waals surface area (Å²) in [5, 5.41) is 9.67. The van der Waals surface area contributed by atoms with Gasteiger partial charge in [0.2, 0.25) is 0 Å². The first-order valence-electron chi connectivity index (χ1n) is 2.13. The molecule has 3 nitrogen and oxygen atoms in total. The zero-order valence-corrected chi connectivity index (χ0v) is 5.36. The Morgan fingerprint density at radius 2 is 2.50 bits per heavy atom. The maximum absolute atomic E-state index is 9.67. The first-order chi connectivity index (χ1) is 3.77. The van der Waals surface area contributed by atoms with Crippen LogP contribution in [0.5, 0.6) is 0 Å². The first-order valence-corrected chi connectivity index (χ1v) is 3.28. The van der Waals surface area contributed by atoms with Gasteiger partial charge in [0, 0.05) is 18.6 Å². The zero-order valence-electron chi connectivity index (χ0n) is 4.55. The van der Waals surface area contributed by atoms with Crippen molar-refractivity contribution in [1.29, 1.82) is 0 Å². The lowest BCUT2D eigenvalue weighted by atomic mass is 10.5. The Labute approximate surface area is 52.2 Å². The summed E-state index contributed by atoms with van der Waals surface area (Å²) in [6, 6.07) is 0. The molecule has 0 aromatic heterocycles. The standard InChI is InChI=1S/C4H8O3S/c1-8-7-3-2-4(5)6/h2-3H2,1H3,(H,5,6)/p-1. The van der Waals surface area contributed by atoms with Crippen molar-refractivity contribution in [2.75, 3.05) is 12.9 Å². The molecule has 0 fully saturated rings. The van der Waals surface area contributed by atoms with Crippen LogP contribution in [0.15, 0.2) is 0 Å². The maximum atomic E-state index is 9.67. The number of aliphatic carboxylic acids is 1. The smallest absolute Gasteiger partial charge is 0.0665 e. The van der Waals surface area contributed by atoms with Gasteiger partial charge >= 0.3 is 0 Å².